The molecule has 7 aromatic carbocycles. The standard InChI is InChI=1S/C39H26/c1-4-14-27(15-5-1)35-26-36-32(30-20-10-11-21-31(30)35)24-25-34-33-22-12-13-23-37(33)39(38(34)36,28-16-6-2-7-17-28)29-18-8-3-9-19-29/h1-26H. The summed E-state index contributed by atoms with van der Waals surface area (Å²) in [7, 11) is 0. The molecule has 0 atom stereocenters. The van der Waals surface area contributed by atoms with Crippen LogP contribution >= 0.6 is 0 Å². The van der Waals surface area contributed by atoms with E-state index in [2.05, 4.69) is 158 Å². The molecule has 7 aromatic rings. The summed E-state index contributed by atoms with van der Waals surface area (Å²) in [6.07, 6.45) is 0. The van der Waals surface area contributed by atoms with Gasteiger partial charge in [0.05, 0.1) is 5.41 Å². The van der Waals surface area contributed by atoms with Crippen LogP contribution in [0, 0.1) is 0 Å². The molecule has 0 spiro atoms. The maximum absolute atomic E-state index is 2.46. The van der Waals surface area contributed by atoms with Crippen molar-refractivity contribution in [3.63, 3.8) is 0 Å². The van der Waals surface area contributed by atoms with Gasteiger partial charge in [0.25, 0.3) is 0 Å². The summed E-state index contributed by atoms with van der Waals surface area (Å²) < 4.78 is 0. The van der Waals surface area contributed by atoms with E-state index in [1.807, 2.05) is 0 Å². The zero-order valence-corrected chi connectivity index (χ0v) is 21.5. The molecule has 39 heavy (non-hydrogen) atoms. The SMILES string of the molecule is c1ccc(-c2cc3c4c(ccc3c3ccccc23)-c2ccccc2C4(c2ccccc2)c2ccccc2)cc1. The van der Waals surface area contributed by atoms with E-state index in [1.54, 1.807) is 0 Å². The molecule has 0 unspecified atom stereocenters. The fourth-order valence-corrected chi connectivity index (χ4v) is 6.99. The van der Waals surface area contributed by atoms with Gasteiger partial charge in [-0.3, -0.25) is 0 Å². The Morgan fingerprint density at radius 1 is 0.333 bits per heavy atom. The van der Waals surface area contributed by atoms with Crippen molar-refractivity contribution in [2.75, 3.05) is 0 Å². The third kappa shape index (κ3) is 3.06. The summed E-state index contributed by atoms with van der Waals surface area (Å²) >= 11 is 0. The molecule has 8 rings (SSSR count). The lowest BCUT2D eigenvalue weighted by molar-refractivity contribution is 0.775. The minimum atomic E-state index is -0.426. The average Bonchev–Trinajstić information content (AvgIpc) is 3.33. The highest BCUT2D eigenvalue weighted by atomic mass is 14.5. The van der Waals surface area contributed by atoms with Gasteiger partial charge >= 0.3 is 0 Å². The van der Waals surface area contributed by atoms with Crippen molar-refractivity contribution in [3.05, 3.63) is 180 Å². The van der Waals surface area contributed by atoms with E-state index in [1.165, 1.54) is 66.1 Å². The van der Waals surface area contributed by atoms with Gasteiger partial charge in [-0.1, -0.05) is 152 Å². The monoisotopic (exact) mass is 494 g/mol. The van der Waals surface area contributed by atoms with Crippen LogP contribution in [0.2, 0.25) is 0 Å². The van der Waals surface area contributed by atoms with Crippen LogP contribution in [-0.4, -0.2) is 0 Å². The Labute approximate surface area is 228 Å². The van der Waals surface area contributed by atoms with Gasteiger partial charge in [-0.15, -0.1) is 0 Å². The number of hydrogen-bond donors (Lipinski definition) is 0. The van der Waals surface area contributed by atoms with Gasteiger partial charge in [0.2, 0.25) is 0 Å². The van der Waals surface area contributed by atoms with Crippen LogP contribution in [0.3, 0.4) is 0 Å². The first-order chi connectivity index (χ1) is 19.4. The summed E-state index contributed by atoms with van der Waals surface area (Å²) in [4.78, 5) is 0. The van der Waals surface area contributed by atoms with Gasteiger partial charge < -0.3 is 0 Å². The van der Waals surface area contributed by atoms with E-state index < -0.39 is 5.41 Å². The Balaban J connectivity index is 1.62. The molecule has 1 aliphatic carbocycles. The Morgan fingerprint density at radius 2 is 0.872 bits per heavy atom. The Bertz CT molecular complexity index is 1940. The maximum atomic E-state index is 2.46. The first-order valence-electron chi connectivity index (χ1n) is 13.6. The molecule has 0 heterocycles. The maximum Gasteiger partial charge on any atom is 0.0719 e. The van der Waals surface area contributed by atoms with Gasteiger partial charge in [-0.05, 0) is 72.1 Å². The summed E-state index contributed by atoms with van der Waals surface area (Å²) in [5, 5.41) is 5.20. The van der Waals surface area contributed by atoms with Gasteiger partial charge in [-0.2, -0.15) is 0 Å². The van der Waals surface area contributed by atoms with Crippen LogP contribution in [0.15, 0.2) is 158 Å². The van der Waals surface area contributed by atoms with Gasteiger partial charge in [0.1, 0.15) is 0 Å². The molecule has 0 radical (unpaired) electrons. The number of hydrogen-bond acceptors (Lipinski definition) is 0. The molecule has 0 saturated carbocycles. The van der Waals surface area contributed by atoms with Gasteiger partial charge in [0, 0.05) is 0 Å². The first-order valence-corrected chi connectivity index (χ1v) is 13.6. The fourth-order valence-electron chi connectivity index (χ4n) is 6.99. The summed E-state index contributed by atoms with van der Waals surface area (Å²) in [5.74, 6) is 0. The van der Waals surface area contributed by atoms with E-state index in [4.69, 9.17) is 0 Å². The minimum Gasteiger partial charge on any atom is -0.0622 e. The molecule has 1 aliphatic rings. The van der Waals surface area contributed by atoms with Crippen LogP contribution < -0.4 is 0 Å². The van der Waals surface area contributed by atoms with Crippen LogP contribution in [0.4, 0.5) is 0 Å². The number of fused-ring (bicyclic) bond motifs is 7. The quantitative estimate of drug-likeness (QED) is 0.214. The molecule has 0 saturated heterocycles. The summed E-state index contributed by atoms with van der Waals surface area (Å²) in [5.41, 5.74) is 10.0. The van der Waals surface area contributed by atoms with E-state index in [9.17, 15) is 0 Å². The second-order valence-electron chi connectivity index (χ2n) is 10.4. The smallest absolute Gasteiger partial charge is 0.0622 e. The molecule has 0 N–H and O–H groups in total. The van der Waals surface area contributed by atoms with E-state index in [-0.39, 0.29) is 0 Å². The molecule has 0 bridgehead atoms. The second kappa shape index (κ2) is 8.55. The second-order valence-corrected chi connectivity index (χ2v) is 10.4. The molecule has 0 heteroatoms. The summed E-state index contributed by atoms with van der Waals surface area (Å²) in [6.45, 7) is 0. The number of benzene rings is 7. The summed E-state index contributed by atoms with van der Waals surface area (Å²) in [6, 6.07) is 58.0. The highest BCUT2D eigenvalue weighted by Crippen LogP contribution is 2.58. The highest BCUT2D eigenvalue weighted by molar-refractivity contribution is 6.17. The molecule has 182 valence electrons. The van der Waals surface area contributed by atoms with Crippen LogP contribution in [0.1, 0.15) is 22.3 Å². The molecule has 0 nitrogen and oxygen atoms in total. The lowest BCUT2D eigenvalue weighted by Crippen LogP contribution is -2.28. The van der Waals surface area contributed by atoms with Crippen LogP contribution in [0.5, 0.6) is 0 Å². The van der Waals surface area contributed by atoms with E-state index in [0.29, 0.717) is 0 Å². The lowest BCUT2D eigenvalue weighted by atomic mass is 9.66. The van der Waals surface area contributed by atoms with Crippen molar-refractivity contribution in [1.29, 1.82) is 0 Å². The minimum absolute atomic E-state index is 0.426. The highest BCUT2D eigenvalue weighted by Gasteiger charge is 2.47. The predicted octanol–water partition coefficient (Wildman–Crippen LogP) is 10.0. The first kappa shape index (κ1) is 22.1. The van der Waals surface area contributed by atoms with Crippen molar-refractivity contribution in [1.82, 2.24) is 0 Å². The van der Waals surface area contributed by atoms with Crippen LogP contribution in [-0.2, 0) is 5.41 Å². The molecular formula is C39H26. The zero-order valence-electron chi connectivity index (χ0n) is 21.5. The van der Waals surface area contributed by atoms with E-state index in [0.717, 1.165) is 0 Å². The normalized spacial score (nSPS) is 13.3. The molecule has 0 aliphatic heterocycles. The Kier molecular flexibility index (Phi) is 4.84. The van der Waals surface area contributed by atoms with Crippen molar-refractivity contribution in [3.8, 4) is 22.3 Å². The van der Waals surface area contributed by atoms with Crippen molar-refractivity contribution < 1.29 is 0 Å². The van der Waals surface area contributed by atoms with Gasteiger partial charge in [-0.25, -0.2) is 0 Å². The Hall–Kier alpha value is -4.94. The van der Waals surface area contributed by atoms with Gasteiger partial charge in [0.15, 0.2) is 0 Å². The number of rotatable bonds is 3. The topological polar surface area (TPSA) is 0 Å². The van der Waals surface area contributed by atoms with Crippen molar-refractivity contribution in [2.45, 2.75) is 5.41 Å². The third-order valence-electron chi connectivity index (χ3n) is 8.54. The fraction of sp³-hybridized carbons (Fsp3) is 0.0256. The molecule has 0 aromatic heterocycles. The van der Waals surface area contributed by atoms with Crippen LogP contribution in [0.25, 0.3) is 43.8 Å². The van der Waals surface area contributed by atoms with Crippen molar-refractivity contribution in [2.24, 2.45) is 0 Å². The molecule has 0 amide bonds. The van der Waals surface area contributed by atoms with E-state index >= 15 is 0 Å². The average molecular weight is 495 g/mol. The molecule has 0 fully saturated rings. The third-order valence-corrected chi connectivity index (χ3v) is 8.54. The molecular weight excluding hydrogens is 468 g/mol. The Morgan fingerprint density at radius 3 is 1.56 bits per heavy atom. The lowest BCUT2D eigenvalue weighted by Gasteiger charge is -2.35. The predicted molar refractivity (Wildman–Crippen MR) is 164 cm³/mol. The zero-order chi connectivity index (χ0) is 25.8. The largest absolute Gasteiger partial charge is 0.0719 e. The van der Waals surface area contributed by atoms with Crippen molar-refractivity contribution >= 4 is 21.5 Å².